The van der Waals surface area contributed by atoms with Crippen LogP contribution in [0.15, 0.2) is 89.6 Å². The summed E-state index contributed by atoms with van der Waals surface area (Å²) in [6.07, 6.45) is 11.6. The topological polar surface area (TPSA) is 38.9 Å². The third-order valence-corrected chi connectivity index (χ3v) is 11.0. The van der Waals surface area contributed by atoms with Crippen LogP contribution in [-0.4, -0.2) is 18.0 Å². The van der Waals surface area contributed by atoms with Crippen LogP contribution >= 0.6 is 0 Å². The minimum atomic E-state index is -1.37. The van der Waals surface area contributed by atoms with Crippen molar-refractivity contribution in [2.45, 2.75) is 78.9 Å². The Labute approximate surface area is 299 Å². The van der Waals surface area contributed by atoms with E-state index in [0.717, 1.165) is 57.6 Å². The van der Waals surface area contributed by atoms with Gasteiger partial charge < -0.3 is 14.4 Å². The first-order valence-corrected chi connectivity index (χ1v) is 20.4. The molecule has 3 aromatic carbocycles. The predicted octanol–water partition coefficient (Wildman–Crippen LogP) is 11.0. The first-order chi connectivity index (χ1) is 22.4. The van der Waals surface area contributed by atoms with Crippen LogP contribution in [0, 0.1) is 29.3 Å². The third-order valence-electron chi connectivity index (χ3n) is 8.97. The van der Waals surface area contributed by atoms with Gasteiger partial charge in [-0.1, -0.05) is 94.7 Å². The van der Waals surface area contributed by atoms with Crippen molar-refractivity contribution in [2.75, 3.05) is 0 Å². The summed E-state index contributed by atoms with van der Waals surface area (Å²) in [4.78, 5) is 9.25. The van der Waals surface area contributed by atoms with Crippen molar-refractivity contribution in [3.63, 3.8) is 0 Å². The van der Waals surface area contributed by atoms with Crippen molar-refractivity contribution in [3.05, 3.63) is 114 Å². The van der Waals surface area contributed by atoms with Gasteiger partial charge in [0.15, 0.2) is 0 Å². The molecular weight excluding hydrogens is 788 g/mol. The van der Waals surface area contributed by atoms with Crippen LogP contribution in [0.3, 0.4) is 0 Å². The fourth-order valence-electron chi connectivity index (χ4n) is 6.73. The molecule has 0 atom stereocenters. The molecule has 3 nitrogen and oxygen atoms in total. The zero-order chi connectivity index (χ0) is 33.2. The number of hydrogen-bond acceptors (Lipinski definition) is 3. The van der Waals surface area contributed by atoms with Gasteiger partial charge in [-0.25, -0.2) is 4.39 Å². The first kappa shape index (κ1) is 35.9. The summed E-state index contributed by atoms with van der Waals surface area (Å²) in [5.74, 6) is 0.545. The van der Waals surface area contributed by atoms with Gasteiger partial charge in [0.1, 0.15) is 11.4 Å². The molecule has 251 valence electrons. The Balaban J connectivity index is 0.000000189. The Morgan fingerprint density at radius 1 is 0.854 bits per heavy atom. The van der Waals surface area contributed by atoms with E-state index in [-0.39, 0.29) is 31.3 Å². The molecule has 3 aromatic heterocycles. The van der Waals surface area contributed by atoms with E-state index in [1.54, 1.807) is 6.07 Å². The van der Waals surface area contributed by atoms with Crippen LogP contribution in [0.5, 0.6) is 0 Å². The Morgan fingerprint density at radius 2 is 1.60 bits per heavy atom. The second-order valence-electron chi connectivity index (χ2n) is 15.3. The van der Waals surface area contributed by atoms with Gasteiger partial charge in [-0.3, -0.25) is 0 Å². The number of nitrogens with zero attached hydrogens (tertiary/aromatic N) is 2. The molecule has 0 spiro atoms. The average Bonchev–Trinajstić information content (AvgIpc) is 3.68. The molecule has 0 amide bonds. The fourth-order valence-corrected chi connectivity index (χ4v) is 8.30. The molecule has 6 aromatic rings. The van der Waals surface area contributed by atoms with Crippen LogP contribution < -0.4 is 5.19 Å². The third kappa shape index (κ3) is 8.77. The van der Waals surface area contributed by atoms with E-state index in [1.165, 1.54) is 54.1 Å². The molecule has 0 saturated heterocycles. The molecular formula is C42H45FIrN2OSi-2. The Bertz CT molecular complexity index is 1990. The van der Waals surface area contributed by atoms with Gasteiger partial charge in [-0.15, -0.1) is 59.7 Å². The first-order valence-electron chi connectivity index (χ1n) is 16.9. The minimum Gasteiger partial charge on any atom is -0.500 e. The van der Waals surface area contributed by atoms with E-state index in [1.807, 2.05) is 36.5 Å². The number of benzene rings is 3. The second kappa shape index (κ2) is 15.0. The van der Waals surface area contributed by atoms with Crippen LogP contribution in [0.1, 0.15) is 57.6 Å². The van der Waals surface area contributed by atoms with E-state index < -0.39 is 8.07 Å². The van der Waals surface area contributed by atoms with Gasteiger partial charge in [0.2, 0.25) is 0 Å². The standard InChI is InChI=1S/C23H19FNO.C19H26NSi.Ir/c24-18-6-8-23-20(14-18)19-13-17(5-7-22(19)26-23)21-12-16(9-10-25-21)11-15-3-1-2-4-15;1-19(2,3)13-16-12-17(15-10-8-7-9-11-15)20-14-18(16)21(4,5)6;/h6-10,12-15H,1-4,11H2;7-10,12,14H,13H2,1-6H3;/q2*-1;. The number of aromatic nitrogens is 2. The summed E-state index contributed by atoms with van der Waals surface area (Å²) in [5, 5.41) is 3.17. The fraction of sp³-hybridized carbons (Fsp3) is 0.333. The van der Waals surface area contributed by atoms with Gasteiger partial charge in [-0.05, 0) is 65.0 Å². The van der Waals surface area contributed by atoms with Crippen molar-refractivity contribution in [1.82, 2.24) is 9.97 Å². The van der Waals surface area contributed by atoms with E-state index in [0.29, 0.717) is 5.58 Å². The van der Waals surface area contributed by atoms with Crippen molar-refractivity contribution >= 4 is 35.2 Å². The number of rotatable bonds is 6. The molecule has 1 aliphatic rings. The van der Waals surface area contributed by atoms with Gasteiger partial charge in [0, 0.05) is 37.9 Å². The second-order valence-corrected chi connectivity index (χ2v) is 20.3. The normalized spacial score (nSPS) is 13.7. The quantitative estimate of drug-likeness (QED) is 0.124. The molecule has 3 heterocycles. The summed E-state index contributed by atoms with van der Waals surface area (Å²) in [6, 6.07) is 29.6. The predicted molar refractivity (Wildman–Crippen MR) is 196 cm³/mol. The van der Waals surface area contributed by atoms with Crippen LogP contribution in [0.4, 0.5) is 4.39 Å². The summed E-state index contributed by atoms with van der Waals surface area (Å²) in [5.41, 5.74) is 8.43. The molecule has 1 saturated carbocycles. The van der Waals surface area contributed by atoms with Crippen molar-refractivity contribution in [1.29, 1.82) is 0 Å². The molecule has 0 N–H and O–H groups in total. The maximum Gasteiger partial charge on any atom is 0.124 e. The summed E-state index contributed by atoms with van der Waals surface area (Å²) < 4.78 is 19.4. The van der Waals surface area contributed by atoms with Crippen LogP contribution in [-0.2, 0) is 32.9 Å². The summed E-state index contributed by atoms with van der Waals surface area (Å²) in [6.45, 7) is 14.1. The van der Waals surface area contributed by atoms with Crippen molar-refractivity contribution < 1.29 is 28.9 Å². The zero-order valence-corrected chi connectivity index (χ0v) is 32.3. The Kier molecular flexibility index (Phi) is 11.2. The molecule has 1 radical (unpaired) electrons. The maximum absolute atomic E-state index is 13.7. The summed E-state index contributed by atoms with van der Waals surface area (Å²) >= 11 is 0. The van der Waals surface area contributed by atoms with E-state index in [2.05, 4.69) is 88.0 Å². The van der Waals surface area contributed by atoms with Gasteiger partial charge in [0.05, 0.1) is 13.7 Å². The summed E-state index contributed by atoms with van der Waals surface area (Å²) in [7, 11) is -1.37. The van der Waals surface area contributed by atoms with Gasteiger partial charge >= 0.3 is 0 Å². The Morgan fingerprint density at radius 3 is 2.31 bits per heavy atom. The smallest absolute Gasteiger partial charge is 0.124 e. The molecule has 48 heavy (non-hydrogen) atoms. The average molecular weight is 833 g/mol. The van der Waals surface area contributed by atoms with E-state index in [9.17, 15) is 4.39 Å². The molecule has 0 unspecified atom stereocenters. The molecule has 6 heteroatoms. The molecule has 7 rings (SSSR count). The van der Waals surface area contributed by atoms with E-state index >= 15 is 0 Å². The largest absolute Gasteiger partial charge is 0.500 e. The number of pyridine rings is 2. The molecule has 0 bridgehead atoms. The minimum absolute atomic E-state index is 0. The molecule has 1 fully saturated rings. The molecule has 1 aliphatic carbocycles. The van der Waals surface area contributed by atoms with Gasteiger partial charge in [-0.2, -0.15) is 0 Å². The Hall–Kier alpha value is -3.44. The van der Waals surface area contributed by atoms with Crippen molar-refractivity contribution in [2.24, 2.45) is 11.3 Å². The van der Waals surface area contributed by atoms with Crippen LogP contribution in [0.2, 0.25) is 19.6 Å². The number of fused-ring (bicyclic) bond motifs is 3. The number of hydrogen-bond donors (Lipinski definition) is 0. The van der Waals surface area contributed by atoms with Gasteiger partial charge in [0.25, 0.3) is 0 Å². The van der Waals surface area contributed by atoms with E-state index in [4.69, 9.17) is 9.40 Å². The van der Waals surface area contributed by atoms with Crippen molar-refractivity contribution in [3.8, 4) is 22.5 Å². The SMILES string of the molecule is CC(C)(C)Cc1cc(-c2[c-]cccc2)ncc1[Si](C)(C)C.Fc1ccc2oc3c[c-]c(-c4cc(CC5CCCC5)ccn4)cc3c2c1.[Ir]. The number of furan rings is 1. The maximum atomic E-state index is 13.7. The molecule has 0 aliphatic heterocycles. The number of halogens is 1. The van der Waals surface area contributed by atoms with Crippen LogP contribution in [0.25, 0.3) is 44.5 Å². The monoisotopic (exact) mass is 833 g/mol. The zero-order valence-electron chi connectivity index (χ0n) is 28.9.